The van der Waals surface area contributed by atoms with Gasteiger partial charge in [0.1, 0.15) is 5.75 Å². The smallest absolute Gasteiger partial charge is 0.242 e. The maximum atomic E-state index is 12.6. The number of nitrogens with zero attached hydrogens (tertiary/aromatic N) is 3. The molecule has 2 rings (SSSR count). The van der Waals surface area contributed by atoms with Crippen LogP contribution in [0.15, 0.2) is 29.2 Å². The standard InChI is InChI=1S/C16H23N3O3S/c1-12-16(13(2)19(4)17-12)10-11-18(3)23(20,21)15-8-6-14(22-5)7-9-15/h6-9H,10-11H2,1-5H3. The molecule has 0 atom stereocenters. The van der Waals surface area contributed by atoms with Crippen molar-refractivity contribution in [3.63, 3.8) is 0 Å². The first-order valence-corrected chi connectivity index (χ1v) is 8.81. The topological polar surface area (TPSA) is 64.4 Å². The fourth-order valence-corrected chi connectivity index (χ4v) is 3.67. The minimum atomic E-state index is -3.50. The summed E-state index contributed by atoms with van der Waals surface area (Å²) in [6.07, 6.45) is 0.636. The Bertz CT molecular complexity index is 780. The molecule has 1 aromatic carbocycles. The normalized spacial score (nSPS) is 11.9. The van der Waals surface area contributed by atoms with Gasteiger partial charge in [-0.25, -0.2) is 12.7 Å². The third-order valence-corrected chi connectivity index (χ3v) is 5.97. The van der Waals surface area contributed by atoms with Crippen LogP contribution in [-0.2, 0) is 23.5 Å². The lowest BCUT2D eigenvalue weighted by Gasteiger charge is -2.17. The van der Waals surface area contributed by atoms with E-state index in [1.165, 1.54) is 4.31 Å². The summed E-state index contributed by atoms with van der Waals surface area (Å²) in [5, 5.41) is 4.36. The van der Waals surface area contributed by atoms with Crippen molar-refractivity contribution in [1.82, 2.24) is 14.1 Å². The number of aryl methyl sites for hydroxylation is 2. The number of hydrogen-bond donors (Lipinski definition) is 0. The van der Waals surface area contributed by atoms with Crippen LogP contribution in [0.3, 0.4) is 0 Å². The highest BCUT2D eigenvalue weighted by Gasteiger charge is 2.21. The van der Waals surface area contributed by atoms with Crippen LogP contribution in [-0.4, -0.2) is 43.2 Å². The predicted molar refractivity (Wildman–Crippen MR) is 89.2 cm³/mol. The Morgan fingerprint density at radius 3 is 2.30 bits per heavy atom. The molecule has 0 bridgehead atoms. The molecule has 0 fully saturated rings. The van der Waals surface area contributed by atoms with Gasteiger partial charge in [-0.2, -0.15) is 5.10 Å². The number of rotatable bonds is 6. The van der Waals surface area contributed by atoms with Crippen LogP contribution >= 0.6 is 0 Å². The van der Waals surface area contributed by atoms with E-state index in [1.807, 2.05) is 25.6 Å². The molecule has 0 aliphatic rings. The lowest BCUT2D eigenvalue weighted by atomic mass is 10.1. The molecule has 0 spiro atoms. The molecule has 7 heteroatoms. The van der Waals surface area contributed by atoms with Crippen molar-refractivity contribution in [2.75, 3.05) is 20.7 Å². The maximum Gasteiger partial charge on any atom is 0.242 e. The third-order valence-electron chi connectivity index (χ3n) is 4.10. The zero-order valence-electron chi connectivity index (χ0n) is 14.2. The number of aromatic nitrogens is 2. The van der Waals surface area contributed by atoms with Crippen molar-refractivity contribution in [2.45, 2.75) is 25.2 Å². The quantitative estimate of drug-likeness (QED) is 0.808. The van der Waals surface area contributed by atoms with Gasteiger partial charge < -0.3 is 4.74 Å². The minimum Gasteiger partial charge on any atom is -0.497 e. The van der Waals surface area contributed by atoms with Crippen LogP contribution in [0.1, 0.15) is 17.0 Å². The number of hydrogen-bond acceptors (Lipinski definition) is 4. The van der Waals surface area contributed by atoms with E-state index in [4.69, 9.17) is 4.74 Å². The van der Waals surface area contributed by atoms with E-state index in [0.29, 0.717) is 18.7 Å². The van der Waals surface area contributed by atoms with E-state index < -0.39 is 10.0 Å². The monoisotopic (exact) mass is 337 g/mol. The molecule has 2 aromatic rings. The molecule has 0 radical (unpaired) electrons. The molecule has 0 aliphatic heterocycles. The molecule has 0 unspecified atom stereocenters. The van der Waals surface area contributed by atoms with Gasteiger partial charge in [-0.15, -0.1) is 0 Å². The van der Waals surface area contributed by atoms with E-state index in [2.05, 4.69) is 5.10 Å². The second-order valence-electron chi connectivity index (χ2n) is 5.53. The molecule has 0 saturated heterocycles. The van der Waals surface area contributed by atoms with Crippen molar-refractivity contribution >= 4 is 10.0 Å². The molecule has 6 nitrogen and oxygen atoms in total. The number of ether oxygens (including phenoxy) is 1. The first-order chi connectivity index (χ1) is 10.8. The highest BCUT2D eigenvalue weighted by Crippen LogP contribution is 2.20. The second kappa shape index (κ2) is 6.72. The highest BCUT2D eigenvalue weighted by atomic mass is 32.2. The van der Waals surface area contributed by atoms with Crippen LogP contribution in [0.4, 0.5) is 0 Å². The van der Waals surface area contributed by atoms with Crippen molar-refractivity contribution < 1.29 is 13.2 Å². The van der Waals surface area contributed by atoms with Crippen molar-refractivity contribution in [3.05, 3.63) is 41.2 Å². The van der Waals surface area contributed by atoms with Gasteiger partial charge in [0.25, 0.3) is 0 Å². The summed E-state index contributed by atoms with van der Waals surface area (Å²) in [4.78, 5) is 0.264. The van der Waals surface area contributed by atoms with Crippen molar-refractivity contribution in [2.24, 2.45) is 7.05 Å². The largest absolute Gasteiger partial charge is 0.497 e. The number of benzene rings is 1. The van der Waals surface area contributed by atoms with Gasteiger partial charge in [0.05, 0.1) is 17.7 Å². The Morgan fingerprint density at radius 1 is 1.22 bits per heavy atom. The van der Waals surface area contributed by atoms with E-state index >= 15 is 0 Å². The SMILES string of the molecule is COc1ccc(S(=O)(=O)N(C)CCc2c(C)nn(C)c2C)cc1. The molecule has 23 heavy (non-hydrogen) atoms. The molecular formula is C16H23N3O3S. The summed E-state index contributed by atoms with van der Waals surface area (Å²) < 4.78 is 33.4. The first kappa shape index (κ1) is 17.5. The van der Waals surface area contributed by atoms with E-state index in [0.717, 1.165) is 17.0 Å². The van der Waals surface area contributed by atoms with Gasteiger partial charge in [0.2, 0.25) is 10.0 Å². The summed E-state index contributed by atoms with van der Waals surface area (Å²) in [7, 11) is 1.54. The van der Waals surface area contributed by atoms with Gasteiger partial charge in [-0.1, -0.05) is 0 Å². The van der Waals surface area contributed by atoms with E-state index in [-0.39, 0.29) is 4.90 Å². The average Bonchev–Trinajstić information content (AvgIpc) is 2.77. The third kappa shape index (κ3) is 3.56. The Balaban J connectivity index is 2.13. The molecular weight excluding hydrogens is 314 g/mol. The van der Waals surface area contributed by atoms with E-state index in [9.17, 15) is 8.42 Å². The molecule has 0 N–H and O–H groups in total. The van der Waals surface area contributed by atoms with Crippen LogP contribution in [0.25, 0.3) is 0 Å². The zero-order chi connectivity index (χ0) is 17.2. The molecule has 0 saturated carbocycles. The maximum absolute atomic E-state index is 12.6. The van der Waals surface area contributed by atoms with Crippen LogP contribution in [0.5, 0.6) is 5.75 Å². The minimum absolute atomic E-state index is 0.264. The molecule has 0 amide bonds. The average molecular weight is 337 g/mol. The summed E-state index contributed by atoms with van der Waals surface area (Å²) in [6, 6.07) is 6.42. The van der Waals surface area contributed by atoms with Crippen LogP contribution in [0.2, 0.25) is 0 Å². The van der Waals surface area contributed by atoms with Gasteiger partial charge in [-0.3, -0.25) is 4.68 Å². The second-order valence-corrected chi connectivity index (χ2v) is 7.57. The molecule has 126 valence electrons. The van der Waals surface area contributed by atoms with Gasteiger partial charge in [0.15, 0.2) is 0 Å². The molecule has 1 aromatic heterocycles. The fourth-order valence-electron chi connectivity index (χ4n) is 2.50. The number of likely N-dealkylation sites (N-methyl/N-ethyl adjacent to an activating group) is 1. The Morgan fingerprint density at radius 2 is 1.83 bits per heavy atom. The van der Waals surface area contributed by atoms with Crippen LogP contribution in [0, 0.1) is 13.8 Å². The summed E-state index contributed by atoms with van der Waals surface area (Å²) >= 11 is 0. The molecule has 0 aliphatic carbocycles. The van der Waals surface area contributed by atoms with Gasteiger partial charge in [-0.05, 0) is 50.1 Å². The van der Waals surface area contributed by atoms with Gasteiger partial charge in [0, 0.05) is 26.3 Å². The van der Waals surface area contributed by atoms with Crippen molar-refractivity contribution in [1.29, 1.82) is 0 Å². The predicted octanol–water partition coefficient (Wildman–Crippen LogP) is 1.91. The Labute approximate surface area is 137 Å². The first-order valence-electron chi connectivity index (χ1n) is 7.37. The summed E-state index contributed by atoms with van der Waals surface area (Å²) in [5.41, 5.74) is 3.11. The number of sulfonamides is 1. The fraction of sp³-hybridized carbons (Fsp3) is 0.438. The Kier molecular flexibility index (Phi) is 5.11. The van der Waals surface area contributed by atoms with E-state index in [1.54, 1.807) is 38.4 Å². The van der Waals surface area contributed by atoms with Gasteiger partial charge >= 0.3 is 0 Å². The highest BCUT2D eigenvalue weighted by molar-refractivity contribution is 7.89. The molecule has 1 heterocycles. The number of methoxy groups -OCH3 is 1. The van der Waals surface area contributed by atoms with Crippen LogP contribution < -0.4 is 4.74 Å². The lowest BCUT2D eigenvalue weighted by molar-refractivity contribution is 0.414. The summed E-state index contributed by atoms with van der Waals surface area (Å²) in [6.45, 7) is 4.34. The van der Waals surface area contributed by atoms with Crippen molar-refractivity contribution in [3.8, 4) is 5.75 Å². The summed E-state index contributed by atoms with van der Waals surface area (Å²) in [5.74, 6) is 0.633. The Hall–Kier alpha value is -1.86. The zero-order valence-corrected chi connectivity index (χ0v) is 15.0. The lowest BCUT2D eigenvalue weighted by Crippen LogP contribution is -2.29.